The molecule has 0 aliphatic rings. The lowest BCUT2D eigenvalue weighted by Gasteiger charge is -2.11. The number of hydrogen-bond acceptors (Lipinski definition) is 8. The predicted octanol–water partition coefficient (Wildman–Crippen LogP) is 6.63. The normalized spacial score (nSPS) is 12.1. The highest BCUT2D eigenvalue weighted by Crippen LogP contribution is 2.24. The Balaban J connectivity index is 1.77. The van der Waals surface area contributed by atoms with Crippen LogP contribution in [0.1, 0.15) is 30.5 Å². The van der Waals surface area contributed by atoms with Crippen molar-refractivity contribution in [3.8, 4) is 11.5 Å². The summed E-state index contributed by atoms with van der Waals surface area (Å²) in [7, 11) is 2.78. The van der Waals surface area contributed by atoms with Gasteiger partial charge in [0.05, 0.1) is 20.5 Å². The van der Waals surface area contributed by atoms with E-state index in [2.05, 4.69) is 10.3 Å². The Kier molecular flexibility index (Phi) is 10.7. The van der Waals surface area contributed by atoms with E-state index >= 15 is 0 Å². The zero-order chi connectivity index (χ0) is 27.3. The number of ether oxygens (including phenoxy) is 3. The molecule has 0 N–H and O–H groups in total. The van der Waals surface area contributed by atoms with Gasteiger partial charge >= 0.3 is 5.97 Å². The zero-order valence-electron chi connectivity index (χ0n) is 21.6. The van der Waals surface area contributed by atoms with Gasteiger partial charge in [-0.05, 0) is 67.9 Å². The van der Waals surface area contributed by atoms with Gasteiger partial charge in [0.15, 0.2) is 0 Å². The van der Waals surface area contributed by atoms with Gasteiger partial charge in [-0.1, -0.05) is 46.2 Å². The van der Waals surface area contributed by atoms with E-state index in [9.17, 15) is 4.79 Å². The highest BCUT2D eigenvalue weighted by Gasteiger charge is 2.17. The van der Waals surface area contributed by atoms with Crippen molar-refractivity contribution in [1.29, 1.82) is 0 Å². The highest BCUT2D eigenvalue weighted by molar-refractivity contribution is 6.47. The molecule has 3 rings (SSSR count). The minimum absolute atomic E-state index is 0.0986. The number of carbonyl (C=O) groups is 1. The fourth-order valence-corrected chi connectivity index (χ4v) is 3.50. The van der Waals surface area contributed by atoms with Gasteiger partial charge in [0.2, 0.25) is 0 Å². The molecular weight excluding hydrogens is 508 g/mol. The highest BCUT2D eigenvalue weighted by atomic mass is 35.5. The van der Waals surface area contributed by atoms with Crippen LogP contribution in [-0.2, 0) is 30.6 Å². The second-order valence-corrected chi connectivity index (χ2v) is 8.24. The summed E-state index contributed by atoms with van der Waals surface area (Å²) in [6.45, 7) is 4.11. The molecule has 0 aliphatic heterocycles. The van der Waals surface area contributed by atoms with Gasteiger partial charge in [-0.15, -0.1) is 0 Å². The summed E-state index contributed by atoms with van der Waals surface area (Å²) in [6, 6.07) is 21.8. The topological polar surface area (TPSA) is 87.9 Å². The van der Waals surface area contributed by atoms with E-state index < -0.39 is 5.97 Å². The number of benzene rings is 3. The molecule has 0 bridgehead atoms. The van der Waals surface area contributed by atoms with Gasteiger partial charge in [0.1, 0.15) is 41.7 Å². The van der Waals surface area contributed by atoms with Crippen LogP contribution in [0.25, 0.3) is 5.57 Å². The van der Waals surface area contributed by atoms with E-state index in [4.69, 9.17) is 35.5 Å². The zero-order valence-corrected chi connectivity index (χ0v) is 22.4. The molecule has 38 heavy (non-hydrogen) atoms. The van der Waals surface area contributed by atoms with Crippen LogP contribution in [0.15, 0.2) is 89.4 Å². The Morgan fingerprint density at radius 2 is 1.55 bits per heavy atom. The lowest BCUT2D eigenvalue weighted by molar-refractivity contribution is -0.133. The van der Waals surface area contributed by atoms with Gasteiger partial charge in [0.25, 0.3) is 0 Å². The van der Waals surface area contributed by atoms with Crippen molar-refractivity contribution in [2.45, 2.75) is 20.5 Å². The van der Waals surface area contributed by atoms with E-state index in [1.807, 2.05) is 49.4 Å². The first-order chi connectivity index (χ1) is 18.5. The summed E-state index contributed by atoms with van der Waals surface area (Å²) in [5.74, 6) is 0.806. The van der Waals surface area contributed by atoms with Crippen LogP contribution < -0.4 is 4.74 Å². The third-order valence-corrected chi connectivity index (χ3v) is 5.43. The van der Waals surface area contributed by atoms with Crippen LogP contribution in [0.5, 0.6) is 11.5 Å². The first-order valence-electron chi connectivity index (χ1n) is 11.8. The average Bonchev–Trinajstić information content (AvgIpc) is 2.94. The fourth-order valence-electron chi connectivity index (χ4n) is 3.38. The van der Waals surface area contributed by atoms with Gasteiger partial charge in [-0.2, -0.15) is 0 Å². The monoisotopic (exact) mass is 536 g/mol. The molecule has 0 unspecified atom stereocenters. The third-order valence-electron chi connectivity index (χ3n) is 5.17. The predicted molar refractivity (Wildman–Crippen MR) is 147 cm³/mol. The molecule has 3 aromatic rings. The standard InChI is InChI=1S/C29H29ClN2O6/c1-5-36-32-28(21-10-14-24(15-11-21)38-25-16-12-23(30)13-17-25)20(2)31-37-18-22-8-6-7-9-26(22)27(19-34-3)29(33)35-4/h6-17,19H,5,18H2,1-4H3/b27-19?,31-20?,32-28-. The number of hydrogen-bond donors (Lipinski definition) is 0. The van der Waals surface area contributed by atoms with Crippen molar-refractivity contribution in [3.05, 3.63) is 101 Å². The maximum atomic E-state index is 12.2. The summed E-state index contributed by atoms with van der Waals surface area (Å²) >= 11 is 5.94. The summed E-state index contributed by atoms with van der Waals surface area (Å²) in [6.07, 6.45) is 1.34. The maximum absolute atomic E-state index is 12.2. The second kappa shape index (κ2) is 14.4. The number of oxime groups is 2. The van der Waals surface area contributed by atoms with Crippen LogP contribution in [0.4, 0.5) is 0 Å². The number of rotatable bonds is 12. The number of halogens is 1. The minimum atomic E-state index is -0.520. The van der Waals surface area contributed by atoms with Crippen LogP contribution in [-0.4, -0.2) is 38.2 Å². The van der Waals surface area contributed by atoms with Crippen LogP contribution in [0.3, 0.4) is 0 Å². The second-order valence-electron chi connectivity index (χ2n) is 7.80. The lowest BCUT2D eigenvalue weighted by Crippen LogP contribution is -2.14. The molecule has 0 aromatic heterocycles. The Morgan fingerprint density at radius 3 is 2.18 bits per heavy atom. The Morgan fingerprint density at radius 1 is 0.895 bits per heavy atom. The molecular formula is C29H29ClN2O6. The van der Waals surface area contributed by atoms with Crippen LogP contribution in [0.2, 0.25) is 5.02 Å². The third kappa shape index (κ3) is 7.85. The molecule has 0 saturated heterocycles. The smallest absolute Gasteiger partial charge is 0.341 e. The number of esters is 1. The van der Waals surface area contributed by atoms with Gasteiger partial charge in [-0.3, -0.25) is 0 Å². The van der Waals surface area contributed by atoms with Crippen molar-refractivity contribution < 1.29 is 28.7 Å². The van der Waals surface area contributed by atoms with E-state index in [0.29, 0.717) is 40.1 Å². The Labute approximate surface area is 227 Å². The Hall–Kier alpha value is -4.30. The SMILES string of the molecule is CCO/N=C(/C(C)=NOCc1ccccc1C(=COC)C(=O)OC)c1ccc(Oc2ccc(Cl)cc2)cc1. The molecule has 0 amide bonds. The quantitative estimate of drug-likeness (QED) is 0.0849. The Bertz CT molecular complexity index is 1300. The summed E-state index contributed by atoms with van der Waals surface area (Å²) in [4.78, 5) is 23.2. The minimum Gasteiger partial charge on any atom is -0.503 e. The summed E-state index contributed by atoms with van der Waals surface area (Å²) in [5.41, 5.74) is 3.39. The molecule has 0 atom stereocenters. The fraction of sp³-hybridized carbons (Fsp3) is 0.207. The van der Waals surface area contributed by atoms with E-state index in [1.54, 1.807) is 37.3 Å². The van der Waals surface area contributed by atoms with Crippen LogP contribution in [0, 0.1) is 0 Å². The molecule has 0 fully saturated rings. The first-order valence-corrected chi connectivity index (χ1v) is 12.1. The maximum Gasteiger partial charge on any atom is 0.341 e. The molecule has 3 aromatic carbocycles. The van der Waals surface area contributed by atoms with Crippen molar-refractivity contribution in [1.82, 2.24) is 0 Å². The van der Waals surface area contributed by atoms with Crippen LogP contribution >= 0.6 is 11.6 Å². The molecule has 0 heterocycles. The van der Waals surface area contributed by atoms with Gasteiger partial charge in [-0.25, -0.2) is 4.79 Å². The molecule has 0 saturated carbocycles. The van der Waals surface area contributed by atoms with Crippen molar-refractivity contribution in [2.24, 2.45) is 10.3 Å². The molecule has 9 heteroatoms. The number of methoxy groups -OCH3 is 2. The van der Waals surface area contributed by atoms with Gasteiger partial charge in [0, 0.05) is 16.1 Å². The largest absolute Gasteiger partial charge is 0.503 e. The number of carbonyl (C=O) groups excluding carboxylic acids is 1. The van der Waals surface area contributed by atoms with Crippen molar-refractivity contribution >= 4 is 34.6 Å². The van der Waals surface area contributed by atoms with Crippen molar-refractivity contribution in [2.75, 3.05) is 20.8 Å². The molecule has 8 nitrogen and oxygen atoms in total. The molecule has 0 radical (unpaired) electrons. The van der Waals surface area contributed by atoms with E-state index in [1.165, 1.54) is 20.5 Å². The van der Waals surface area contributed by atoms with Gasteiger partial charge < -0.3 is 23.9 Å². The van der Waals surface area contributed by atoms with E-state index in [0.717, 1.165) is 11.1 Å². The first kappa shape index (κ1) is 28.3. The molecule has 198 valence electrons. The average molecular weight is 537 g/mol. The molecule has 0 aliphatic carbocycles. The molecule has 0 spiro atoms. The summed E-state index contributed by atoms with van der Waals surface area (Å²) < 4.78 is 15.8. The van der Waals surface area contributed by atoms with E-state index in [-0.39, 0.29) is 12.2 Å². The number of nitrogens with zero attached hydrogens (tertiary/aromatic N) is 2. The lowest BCUT2D eigenvalue weighted by atomic mass is 10.0. The summed E-state index contributed by atoms with van der Waals surface area (Å²) in [5, 5.41) is 9.12. The van der Waals surface area contributed by atoms with Crippen molar-refractivity contribution in [3.63, 3.8) is 0 Å².